The van der Waals surface area contributed by atoms with Crippen LogP contribution in [0.2, 0.25) is 5.02 Å². The number of likely N-dealkylation sites (tertiary alicyclic amines) is 1. The third kappa shape index (κ3) is 3.86. The van der Waals surface area contributed by atoms with Gasteiger partial charge in [0.15, 0.2) is 0 Å². The second kappa shape index (κ2) is 8.44. The molecule has 0 amide bonds. The fraction of sp³-hybridized carbons (Fsp3) is 0.360. The molecule has 1 spiro atoms. The molecule has 158 valence electrons. The molecule has 0 atom stereocenters. The van der Waals surface area contributed by atoms with Gasteiger partial charge in [-0.2, -0.15) is 0 Å². The largest absolute Gasteiger partial charge is 0.388 e. The second-order valence-electron chi connectivity index (χ2n) is 8.36. The Labute approximate surface area is 183 Å². The molecule has 3 nitrogen and oxygen atoms in total. The van der Waals surface area contributed by atoms with Gasteiger partial charge < -0.3 is 15.5 Å². The van der Waals surface area contributed by atoms with E-state index < -0.39 is 0 Å². The Kier molecular flexibility index (Phi) is 5.90. The van der Waals surface area contributed by atoms with Gasteiger partial charge in [-0.1, -0.05) is 30.8 Å². The highest BCUT2D eigenvalue weighted by molar-refractivity contribution is 6.30. The molecule has 0 radical (unpaired) electrons. The van der Waals surface area contributed by atoms with Crippen LogP contribution in [0, 0.1) is 5.82 Å². The maximum Gasteiger partial charge on any atom is 0.132 e. The molecule has 0 saturated carbocycles. The summed E-state index contributed by atoms with van der Waals surface area (Å²) in [5.41, 5.74) is 5.69. The van der Waals surface area contributed by atoms with Crippen LogP contribution in [0.25, 0.3) is 5.70 Å². The van der Waals surface area contributed by atoms with E-state index >= 15 is 0 Å². The Balaban J connectivity index is 1.32. The van der Waals surface area contributed by atoms with Crippen LogP contribution in [-0.2, 0) is 11.8 Å². The fourth-order valence-corrected chi connectivity index (χ4v) is 4.97. The Morgan fingerprint density at radius 1 is 1.23 bits per heavy atom. The minimum atomic E-state index is -0.212. The summed E-state index contributed by atoms with van der Waals surface area (Å²) in [7, 11) is 1.75. The monoisotopic (exact) mass is 425 g/mol. The zero-order valence-corrected chi connectivity index (χ0v) is 18.3. The van der Waals surface area contributed by atoms with Crippen molar-refractivity contribution in [1.82, 2.24) is 10.2 Å². The summed E-state index contributed by atoms with van der Waals surface area (Å²) in [4.78, 5) is 2.51. The van der Waals surface area contributed by atoms with Crippen LogP contribution < -0.4 is 10.6 Å². The zero-order chi connectivity index (χ0) is 21.3. The van der Waals surface area contributed by atoms with E-state index in [1.807, 2.05) is 18.2 Å². The van der Waals surface area contributed by atoms with E-state index in [9.17, 15) is 4.39 Å². The number of fused-ring (bicyclic) bond motifs is 2. The standard InChI is InChI=1S/C25H29ClFN3/c1-17(28-3)21-8-6-19(15-23(21)27)5-4-12-30-13-10-25(11-14-30)18(2)29-24-9-7-20(26)16-22(24)25/h6-9,15-16,28-29H,1-2,4-5,10-14H2,3H3. The van der Waals surface area contributed by atoms with Crippen molar-refractivity contribution < 1.29 is 4.39 Å². The first-order valence-electron chi connectivity index (χ1n) is 10.6. The molecule has 0 aliphatic carbocycles. The topological polar surface area (TPSA) is 27.3 Å². The second-order valence-corrected chi connectivity index (χ2v) is 8.80. The van der Waals surface area contributed by atoms with E-state index in [2.05, 4.69) is 40.8 Å². The maximum atomic E-state index is 14.3. The maximum absolute atomic E-state index is 14.3. The van der Waals surface area contributed by atoms with E-state index in [1.165, 1.54) is 5.56 Å². The lowest BCUT2D eigenvalue weighted by Gasteiger charge is -2.40. The number of aryl methyl sites for hydroxylation is 1. The first-order chi connectivity index (χ1) is 14.4. The van der Waals surface area contributed by atoms with Gasteiger partial charge in [0.1, 0.15) is 5.82 Å². The van der Waals surface area contributed by atoms with Crippen LogP contribution in [0.4, 0.5) is 10.1 Å². The number of allylic oxidation sites excluding steroid dienone is 1. The highest BCUT2D eigenvalue weighted by Crippen LogP contribution is 2.50. The fourth-order valence-electron chi connectivity index (χ4n) is 4.80. The van der Waals surface area contributed by atoms with Crippen molar-refractivity contribution in [2.45, 2.75) is 31.1 Å². The van der Waals surface area contributed by atoms with E-state index in [-0.39, 0.29) is 11.2 Å². The van der Waals surface area contributed by atoms with Gasteiger partial charge in [-0.25, -0.2) is 4.39 Å². The number of rotatable bonds is 6. The highest BCUT2D eigenvalue weighted by Gasteiger charge is 2.44. The molecular formula is C25H29ClFN3. The molecule has 4 rings (SSSR count). The SMILES string of the molecule is C=C(NC)c1ccc(CCCN2CCC3(CC2)C(=C)Nc2ccc(Cl)cc23)cc1F. The van der Waals surface area contributed by atoms with Crippen LogP contribution >= 0.6 is 11.6 Å². The molecule has 2 heterocycles. The molecule has 1 saturated heterocycles. The van der Waals surface area contributed by atoms with E-state index in [0.717, 1.165) is 67.3 Å². The number of hydrogen-bond donors (Lipinski definition) is 2. The van der Waals surface area contributed by atoms with Gasteiger partial charge in [-0.05, 0) is 86.8 Å². The molecular weight excluding hydrogens is 397 g/mol. The van der Waals surface area contributed by atoms with E-state index in [0.29, 0.717) is 11.3 Å². The Hall–Kier alpha value is -2.30. The van der Waals surface area contributed by atoms with Gasteiger partial charge in [0, 0.05) is 40.1 Å². The Bertz CT molecular complexity index is 976. The van der Waals surface area contributed by atoms with Crippen molar-refractivity contribution >= 4 is 23.0 Å². The molecule has 2 N–H and O–H groups in total. The predicted octanol–water partition coefficient (Wildman–Crippen LogP) is 5.57. The molecule has 2 aliphatic rings. The summed E-state index contributed by atoms with van der Waals surface area (Å²) < 4.78 is 14.3. The molecule has 5 heteroatoms. The minimum absolute atomic E-state index is 0.00853. The summed E-state index contributed by atoms with van der Waals surface area (Å²) in [6, 6.07) is 11.5. The number of piperidine rings is 1. The average molecular weight is 426 g/mol. The number of nitrogens with zero attached hydrogens (tertiary/aromatic N) is 1. The van der Waals surface area contributed by atoms with Crippen molar-refractivity contribution in [2.24, 2.45) is 0 Å². The van der Waals surface area contributed by atoms with Crippen molar-refractivity contribution in [3.8, 4) is 0 Å². The molecule has 30 heavy (non-hydrogen) atoms. The number of halogens is 2. The number of anilines is 1. The third-order valence-electron chi connectivity index (χ3n) is 6.67. The van der Waals surface area contributed by atoms with Gasteiger partial charge in [0.2, 0.25) is 0 Å². The third-order valence-corrected chi connectivity index (χ3v) is 6.91. The lowest BCUT2D eigenvalue weighted by molar-refractivity contribution is 0.179. The van der Waals surface area contributed by atoms with Crippen molar-refractivity contribution in [3.63, 3.8) is 0 Å². The predicted molar refractivity (Wildman–Crippen MR) is 124 cm³/mol. The smallest absolute Gasteiger partial charge is 0.132 e. The van der Waals surface area contributed by atoms with Crippen LogP contribution in [0.3, 0.4) is 0 Å². The molecule has 0 bridgehead atoms. The Morgan fingerprint density at radius 2 is 2.00 bits per heavy atom. The van der Waals surface area contributed by atoms with Gasteiger partial charge in [0.25, 0.3) is 0 Å². The zero-order valence-electron chi connectivity index (χ0n) is 17.5. The summed E-state index contributed by atoms with van der Waals surface area (Å²) in [6.45, 7) is 11.2. The summed E-state index contributed by atoms with van der Waals surface area (Å²) in [5, 5.41) is 7.15. The molecule has 2 aromatic carbocycles. The first kappa shape index (κ1) is 21.0. The van der Waals surface area contributed by atoms with Crippen molar-refractivity contribution in [3.05, 3.63) is 82.8 Å². The summed E-state index contributed by atoms with van der Waals surface area (Å²) in [6.07, 6.45) is 3.97. The first-order valence-corrected chi connectivity index (χ1v) is 10.9. The average Bonchev–Trinajstić information content (AvgIpc) is 3.00. The molecule has 0 unspecified atom stereocenters. The van der Waals surface area contributed by atoms with Crippen molar-refractivity contribution in [2.75, 3.05) is 32.0 Å². The van der Waals surface area contributed by atoms with Crippen LogP contribution in [0.1, 0.15) is 36.0 Å². The molecule has 1 fully saturated rings. The quantitative estimate of drug-likeness (QED) is 0.633. The van der Waals surface area contributed by atoms with E-state index in [4.69, 9.17) is 11.6 Å². The van der Waals surface area contributed by atoms with Crippen molar-refractivity contribution in [1.29, 1.82) is 0 Å². The summed E-state index contributed by atoms with van der Waals surface area (Å²) >= 11 is 6.27. The van der Waals surface area contributed by atoms with Crippen LogP contribution in [-0.4, -0.2) is 31.6 Å². The van der Waals surface area contributed by atoms with Gasteiger partial charge in [-0.3, -0.25) is 0 Å². The number of hydrogen-bond acceptors (Lipinski definition) is 3. The summed E-state index contributed by atoms with van der Waals surface area (Å²) in [5.74, 6) is -0.212. The van der Waals surface area contributed by atoms with Crippen LogP contribution in [0.15, 0.2) is 55.3 Å². The lowest BCUT2D eigenvalue weighted by Crippen LogP contribution is -2.43. The molecule has 0 aromatic heterocycles. The number of nitrogens with one attached hydrogen (secondary N) is 2. The lowest BCUT2D eigenvalue weighted by atomic mass is 9.72. The van der Waals surface area contributed by atoms with Gasteiger partial charge >= 0.3 is 0 Å². The van der Waals surface area contributed by atoms with E-state index in [1.54, 1.807) is 13.1 Å². The normalized spacial score (nSPS) is 17.6. The number of benzene rings is 2. The molecule has 2 aromatic rings. The minimum Gasteiger partial charge on any atom is -0.388 e. The molecule has 2 aliphatic heterocycles. The highest BCUT2D eigenvalue weighted by atomic mass is 35.5. The van der Waals surface area contributed by atoms with Gasteiger partial charge in [-0.15, -0.1) is 0 Å². The Morgan fingerprint density at radius 3 is 2.70 bits per heavy atom. The van der Waals surface area contributed by atoms with Crippen LogP contribution in [0.5, 0.6) is 0 Å². The van der Waals surface area contributed by atoms with Gasteiger partial charge in [0.05, 0.1) is 0 Å².